The van der Waals surface area contributed by atoms with Crippen LogP contribution in [-0.4, -0.2) is 19.3 Å². The van der Waals surface area contributed by atoms with Gasteiger partial charge in [-0.15, -0.1) is 5.10 Å². The van der Waals surface area contributed by atoms with E-state index in [4.69, 9.17) is 11.6 Å². The van der Waals surface area contributed by atoms with Crippen molar-refractivity contribution in [2.24, 2.45) is 0 Å². The first kappa shape index (κ1) is 12.9. The predicted octanol–water partition coefficient (Wildman–Crippen LogP) is 2.44. The Morgan fingerprint density at radius 2 is 2.25 bits per heavy atom. The van der Waals surface area contributed by atoms with Crippen LogP contribution in [0, 0.1) is 12.7 Å². The molecule has 0 atom stereocenters. The van der Waals surface area contributed by atoms with Gasteiger partial charge in [-0.05, 0) is 36.7 Å². The minimum absolute atomic E-state index is 0.102. The van der Waals surface area contributed by atoms with Crippen LogP contribution < -0.4 is 5.76 Å². The molecule has 0 N–H and O–H groups in total. The van der Waals surface area contributed by atoms with Crippen molar-refractivity contribution in [1.29, 1.82) is 0 Å². The molecular weight excluding hydrogens is 307 g/mol. The van der Waals surface area contributed by atoms with E-state index < -0.39 is 11.6 Å². The molecule has 0 bridgehead atoms. The fourth-order valence-corrected chi connectivity index (χ4v) is 2.33. The van der Waals surface area contributed by atoms with Gasteiger partial charge in [0.05, 0.1) is 15.6 Å². The van der Waals surface area contributed by atoms with Crippen molar-refractivity contribution in [3.8, 4) is 17.2 Å². The maximum Gasteiger partial charge on any atom is 0.446 e. The molecule has 0 radical (unpaired) electrons. The number of nitrogens with zero attached hydrogens (tertiary/aromatic N) is 4. The Kier molecular flexibility index (Phi) is 3.11. The maximum atomic E-state index is 13.2. The molecule has 0 amide bonds. The van der Waals surface area contributed by atoms with E-state index in [0.29, 0.717) is 11.4 Å². The standard InChI is InChI=1S/C11H6ClFN4O2S/c1-5-9(14-16-20-5)10-15-19-11(18)17(10)6-2-3-8(13)7(12)4-6/h2-4H,1H3. The average molecular weight is 313 g/mol. The Labute approximate surface area is 120 Å². The molecule has 0 aliphatic heterocycles. The number of aryl methyl sites for hydroxylation is 1. The Morgan fingerprint density at radius 3 is 2.90 bits per heavy atom. The fraction of sp³-hybridized carbons (Fsp3) is 0.0909. The molecule has 3 aromatic rings. The predicted molar refractivity (Wildman–Crippen MR) is 70.7 cm³/mol. The summed E-state index contributed by atoms with van der Waals surface area (Å²) in [5, 5.41) is 7.49. The molecule has 0 saturated carbocycles. The Hall–Kier alpha value is -2.06. The third-order valence-electron chi connectivity index (χ3n) is 2.63. The maximum absolute atomic E-state index is 13.2. The fourth-order valence-electron chi connectivity index (χ4n) is 1.69. The number of benzene rings is 1. The second-order valence-electron chi connectivity index (χ2n) is 3.88. The summed E-state index contributed by atoms with van der Waals surface area (Å²) >= 11 is 6.90. The van der Waals surface area contributed by atoms with Crippen LogP contribution in [0.15, 0.2) is 27.5 Å². The Bertz CT molecular complexity index is 841. The molecule has 0 aliphatic carbocycles. The van der Waals surface area contributed by atoms with Crippen LogP contribution in [0.1, 0.15) is 4.88 Å². The van der Waals surface area contributed by atoms with E-state index in [1.807, 2.05) is 0 Å². The van der Waals surface area contributed by atoms with E-state index in [1.165, 1.54) is 23.7 Å². The summed E-state index contributed by atoms with van der Waals surface area (Å²) in [6, 6.07) is 3.87. The normalized spacial score (nSPS) is 10.9. The third-order valence-corrected chi connectivity index (χ3v) is 3.55. The highest BCUT2D eigenvalue weighted by Gasteiger charge is 2.19. The average Bonchev–Trinajstić information content (AvgIpc) is 2.99. The lowest BCUT2D eigenvalue weighted by Gasteiger charge is -2.04. The minimum atomic E-state index is -0.713. The zero-order valence-electron chi connectivity index (χ0n) is 10.0. The second-order valence-corrected chi connectivity index (χ2v) is 5.25. The third kappa shape index (κ3) is 2.02. The van der Waals surface area contributed by atoms with Crippen molar-refractivity contribution in [2.45, 2.75) is 6.92 Å². The van der Waals surface area contributed by atoms with Crippen LogP contribution in [0.2, 0.25) is 5.02 Å². The van der Waals surface area contributed by atoms with Crippen molar-refractivity contribution >= 4 is 23.1 Å². The first-order valence-corrected chi connectivity index (χ1v) is 6.56. The summed E-state index contributed by atoms with van der Waals surface area (Å²) in [5.41, 5.74) is 0.770. The first-order valence-electron chi connectivity index (χ1n) is 5.41. The van der Waals surface area contributed by atoms with Gasteiger partial charge in [0.1, 0.15) is 11.5 Å². The van der Waals surface area contributed by atoms with Crippen molar-refractivity contribution in [3.05, 3.63) is 44.5 Å². The molecule has 2 heterocycles. The van der Waals surface area contributed by atoms with Gasteiger partial charge in [-0.2, -0.15) is 0 Å². The molecule has 0 saturated heterocycles. The van der Waals surface area contributed by atoms with E-state index in [2.05, 4.69) is 19.3 Å². The topological polar surface area (TPSA) is 73.8 Å². The van der Waals surface area contributed by atoms with E-state index in [9.17, 15) is 9.18 Å². The number of rotatable bonds is 2. The van der Waals surface area contributed by atoms with Crippen LogP contribution >= 0.6 is 23.1 Å². The van der Waals surface area contributed by atoms with Gasteiger partial charge in [0, 0.05) is 0 Å². The van der Waals surface area contributed by atoms with E-state index in [0.717, 1.165) is 15.5 Å². The van der Waals surface area contributed by atoms with Crippen molar-refractivity contribution in [2.75, 3.05) is 0 Å². The number of hydrogen-bond donors (Lipinski definition) is 0. The lowest BCUT2D eigenvalue weighted by atomic mass is 10.3. The molecule has 9 heteroatoms. The molecule has 3 rings (SSSR count). The van der Waals surface area contributed by atoms with Crippen LogP contribution in [0.25, 0.3) is 17.2 Å². The molecular formula is C11H6ClFN4O2S. The minimum Gasteiger partial charge on any atom is -0.295 e. The van der Waals surface area contributed by atoms with Gasteiger partial charge >= 0.3 is 5.76 Å². The summed E-state index contributed by atoms with van der Waals surface area (Å²) in [6.45, 7) is 1.79. The molecule has 0 spiro atoms. The van der Waals surface area contributed by atoms with Crippen molar-refractivity contribution < 1.29 is 8.91 Å². The lowest BCUT2D eigenvalue weighted by Crippen LogP contribution is -2.13. The largest absolute Gasteiger partial charge is 0.446 e. The molecule has 2 aromatic heterocycles. The highest BCUT2D eigenvalue weighted by Crippen LogP contribution is 2.24. The van der Waals surface area contributed by atoms with Crippen LogP contribution in [0.4, 0.5) is 4.39 Å². The molecule has 0 aliphatic rings. The number of aromatic nitrogens is 4. The molecule has 6 nitrogen and oxygen atoms in total. The summed E-state index contributed by atoms with van der Waals surface area (Å²) in [7, 11) is 0. The summed E-state index contributed by atoms with van der Waals surface area (Å²) in [4.78, 5) is 12.6. The van der Waals surface area contributed by atoms with Gasteiger partial charge in [0.25, 0.3) is 0 Å². The summed E-state index contributed by atoms with van der Waals surface area (Å²) in [6.07, 6.45) is 0. The SMILES string of the molecule is Cc1snnc1-c1noc(=O)n1-c1ccc(F)c(Cl)c1. The van der Waals surface area contributed by atoms with E-state index in [-0.39, 0.29) is 10.8 Å². The smallest absolute Gasteiger partial charge is 0.295 e. The zero-order chi connectivity index (χ0) is 14.3. The molecule has 0 unspecified atom stereocenters. The van der Waals surface area contributed by atoms with Gasteiger partial charge in [-0.1, -0.05) is 21.2 Å². The first-order chi connectivity index (χ1) is 9.58. The van der Waals surface area contributed by atoms with Gasteiger partial charge < -0.3 is 0 Å². The molecule has 1 aromatic carbocycles. The van der Waals surface area contributed by atoms with Gasteiger partial charge in [0.2, 0.25) is 5.82 Å². The van der Waals surface area contributed by atoms with Gasteiger partial charge in [-0.3, -0.25) is 4.52 Å². The van der Waals surface area contributed by atoms with Gasteiger partial charge in [0.15, 0.2) is 0 Å². The summed E-state index contributed by atoms with van der Waals surface area (Å²) < 4.78 is 22.8. The second kappa shape index (κ2) is 4.80. The Balaban J connectivity index is 2.24. The van der Waals surface area contributed by atoms with Crippen LogP contribution in [0.3, 0.4) is 0 Å². The number of halogens is 2. The molecule has 0 fully saturated rings. The Morgan fingerprint density at radius 1 is 1.45 bits per heavy atom. The van der Waals surface area contributed by atoms with Crippen LogP contribution in [0.5, 0.6) is 0 Å². The molecule has 102 valence electrons. The van der Waals surface area contributed by atoms with Crippen molar-refractivity contribution in [1.82, 2.24) is 19.3 Å². The lowest BCUT2D eigenvalue weighted by molar-refractivity contribution is 0.383. The van der Waals surface area contributed by atoms with E-state index >= 15 is 0 Å². The quantitative estimate of drug-likeness (QED) is 0.726. The highest BCUT2D eigenvalue weighted by atomic mass is 35.5. The number of hydrogen-bond acceptors (Lipinski definition) is 6. The van der Waals surface area contributed by atoms with Crippen LogP contribution in [-0.2, 0) is 0 Å². The summed E-state index contributed by atoms with van der Waals surface area (Å²) in [5.74, 6) is -1.09. The zero-order valence-corrected chi connectivity index (χ0v) is 11.6. The van der Waals surface area contributed by atoms with Crippen molar-refractivity contribution in [3.63, 3.8) is 0 Å². The highest BCUT2D eigenvalue weighted by molar-refractivity contribution is 7.05. The monoisotopic (exact) mass is 312 g/mol. The van der Waals surface area contributed by atoms with E-state index in [1.54, 1.807) is 6.92 Å². The molecule has 20 heavy (non-hydrogen) atoms. The van der Waals surface area contributed by atoms with Gasteiger partial charge in [-0.25, -0.2) is 13.8 Å².